The smallest absolute Gasteiger partial charge is 0.216 e. The van der Waals surface area contributed by atoms with Crippen LogP contribution in [0, 0.1) is 0 Å². The monoisotopic (exact) mass is 268 g/mol. The van der Waals surface area contributed by atoms with E-state index >= 15 is 0 Å². The molecule has 5 nitrogen and oxygen atoms in total. The minimum atomic E-state index is 0.149. The van der Waals surface area contributed by atoms with Crippen LogP contribution in [0.4, 0.5) is 5.95 Å². The number of anilines is 1. The molecule has 1 aliphatic carbocycles. The summed E-state index contributed by atoms with van der Waals surface area (Å²) >= 11 is 1.74. The Morgan fingerprint density at radius 3 is 2.89 bits per heavy atom. The SMILES string of the molecule is Nc1nc(SC2CCOC3(CCCCC3)C2)n[nH]1. The first-order valence-corrected chi connectivity index (χ1v) is 7.62. The van der Waals surface area contributed by atoms with Gasteiger partial charge in [-0.1, -0.05) is 31.0 Å². The molecular formula is C12H20N4OS. The molecule has 1 unspecified atom stereocenters. The van der Waals surface area contributed by atoms with E-state index in [9.17, 15) is 0 Å². The Bertz CT molecular complexity index is 397. The number of hydrogen-bond donors (Lipinski definition) is 2. The number of ether oxygens (including phenoxy) is 1. The molecule has 1 spiro atoms. The summed E-state index contributed by atoms with van der Waals surface area (Å²) in [5, 5.41) is 8.13. The summed E-state index contributed by atoms with van der Waals surface area (Å²) in [7, 11) is 0. The highest BCUT2D eigenvalue weighted by atomic mass is 32.2. The van der Waals surface area contributed by atoms with Crippen LogP contribution >= 0.6 is 11.8 Å². The molecule has 0 aromatic carbocycles. The van der Waals surface area contributed by atoms with Gasteiger partial charge in [-0.2, -0.15) is 4.98 Å². The van der Waals surface area contributed by atoms with Crippen LogP contribution in [0.15, 0.2) is 5.16 Å². The molecule has 100 valence electrons. The zero-order valence-corrected chi connectivity index (χ0v) is 11.3. The van der Waals surface area contributed by atoms with Crippen molar-refractivity contribution in [3.8, 4) is 0 Å². The normalized spacial score (nSPS) is 27.4. The third-order valence-corrected chi connectivity index (χ3v) is 5.10. The number of hydrogen-bond acceptors (Lipinski definition) is 5. The van der Waals surface area contributed by atoms with Crippen molar-refractivity contribution in [3.05, 3.63) is 0 Å². The Labute approximate surface area is 111 Å². The largest absolute Gasteiger partial charge is 0.375 e. The quantitative estimate of drug-likeness (QED) is 0.861. The van der Waals surface area contributed by atoms with Gasteiger partial charge in [0, 0.05) is 11.9 Å². The number of nitrogens with two attached hydrogens (primary N) is 1. The van der Waals surface area contributed by atoms with Crippen molar-refractivity contribution < 1.29 is 4.74 Å². The molecule has 2 heterocycles. The van der Waals surface area contributed by atoms with E-state index in [0.717, 1.165) is 24.6 Å². The van der Waals surface area contributed by atoms with E-state index in [4.69, 9.17) is 10.5 Å². The average molecular weight is 268 g/mol. The van der Waals surface area contributed by atoms with Crippen LogP contribution in [-0.2, 0) is 4.74 Å². The summed E-state index contributed by atoms with van der Waals surface area (Å²) in [5.41, 5.74) is 5.70. The molecule has 1 aromatic heterocycles. The molecule has 0 bridgehead atoms. The van der Waals surface area contributed by atoms with Crippen molar-refractivity contribution in [1.82, 2.24) is 15.2 Å². The van der Waals surface area contributed by atoms with E-state index in [2.05, 4.69) is 15.2 Å². The van der Waals surface area contributed by atoms with Crippen molar-refractivity contribution in [2.45, 2.75) is 61.0 Å². The van der Waals surface area contributed by atoms with E-state index in [1.165, 1.54) is 32.1 Å². The van der Waals surface area contributed by atoms with Gasteiger partial charge in [0.1, 0.15) is 0 Å². The van der Waals surface area contributed by atoms with Gasteiger partial charge in [-0.05, 0) is 25.7 Å². The summed E-state index contributed by atoms with van der Waals surface area (Å²) < 4.78 is 6.09. The molecule has 6 heteroatoms. The van der Waals surface area contributed by atoms with Crippen LogP contribution in [0.25, 0.3) is 0 Å². The Kier molecular flexibility index (Phi) is 3.48. The number of rotatable bonds is 2. The first-order chi connectivity index (χ1) is 8.76. The number of H-pyrrole nitrogens is 1. The van der Waals surface area contributed by atoms with Gasteiger partial charge in [-0.15, -0.1) is 5.10 Å². The van der Waals surface area contributed by atoms with Crippen molar-refractivity contribution in [2.24, 2.45) is 0 Å². The summed E-state index contributed by atoms with van der Waals surface area (Å²) in [5.74, 6) is 0.400. The summed E-state index contributed by atoms with van der Waals surface area (Å²) in [6.45, 7) is 0.873. The fourth-order valence-electron chi connectivity index (χ4n) is 3.09. The number of nitrogens with zero attached hydrogens (tertiary/aromatic N) is 2. The van der Waals surface area contributed by atoms with Crippen LogP contribution in [-0.4, -0.2) is 32.6 Å². The molecule has 1 aromatic rings. The standard InChI is InChI=1S/C12H20N4OS/c13-10-14-11(16-15-10)18-9-4-7-17-12(8-9)5-2-1-3-6-12/h9H,1-8H2,(H3,13,14,15,16). The molecule has 18 heavy (non-hydrogen) atoms. The molecule has 2 fully saturated rings. The lowest BCUT2D eigenvalue weighted by Gasteiger charge is -2.43. The molecule has 1 saturated carbocycles. The predicted octanol–water partition coefficient (Wildman–Crippen LogP) is 2.36. The topological polar surface area (TPSA) is 76.8 Å². The number of nitrogens with one attached hydrogen (secondary N) is 1. The summed E-state index contributed by atoms with van der Waals surface area (Å²) in [4.78, 5) is 4.17. The molecule has 0 radical (unpaired) electrons. The second kappa shape index (κ2) is 5.09. The highest BCUT2D eigenvalue weighted by Crippen LogP contribution is 2.42. The van der Waals surface area contributed by atoms with Crippen LogP contribution in [0.3, 0.4) is 0 Å². The third kappa shape index (κ3) is 2.64. The number of nitrogen functional groups attached to an aromatic ring is 1. The van der Waals surface area contributed by atoms with E-state index in [1.54, 1.807) is 11.8 Å². The van der Waals surface area contributed by atoms with Crippen LogP contribution in [0.2, 0.25) is 0 Å². The fourth-order valence-corrected chi connectivity index (χ4v) is 4.24. The lowest BCUT2D eigenvalue weighted by atomic mass is 9.80. The van der Waals surface area contributed by atoms with Gasteiger partial charge in [-0.25, -0.2) is 5.10 Å². The van der Waals surface area contributed by atoms with E-state index in [1.807, 2.05) is 0 Å². The van der Waals surface area contributed by atoms with E-state index in [0.29, 0.717) is 11.2 Å². The third-order valence-electron chi connectivity index (χ3n) is 3.97. The van der Waals surface area contributed by atoms with Crippen LogP contribution < -0.4 is 5.73 Å². The number of thioether (sulfide) groups is 1. The van der Waals surface area contributed by atoms with Crippen molar-refractivity contribution in [3.63, 3.8) is 0 Å². The fraction of sp³-hybridized carbons (Fsp3) is 0.833. The van der Waals surface area contributed by atoms with Gasteiger partial charge in [0.05, 0.1) is 5.60 Å². The van der Waals surface area contributed by atoms with Gasteiger partial charge in [0.2, 0.25) is 11.1 Å². The Hall–Kier alpha value is -0.750. The van der Waals surface area contributed by atoms with Crippen LogP contribution in [0.1, 0.15) is 44.9 Å². The highest BCUT2D eigenvalue weighted by molar-refractivity contribution is 7.99. The van der Waals surface area contributed by atoms with Crippen LogP contribution in [0.5, 0.6) is 0 Å². The second-order valence-electron chi connectivity index (χ2n) is 5.33. The summed E-state index contributed by atoms with van der Waals surface area (Å²) in [6.07, 6.45) is 8.64. The lowest BCUT2D eigenvalue weighted by molar-refractivity contribution is -0.0971. The lowest BCUT2D eigenvalue weighted by Crippen LogP contribution is -2.42. The molecule has 3 rings (SSSR count). The minimum absolute atomic E-state index is 0.149. The van der Waals surface area contributed by atoms with E-state index < -0.39 is 0 Å². The maximum absolute atomic E-state index is 6.09. The Balaban J connectivity index is 1.63. The van der Waals surface area contributed by atoms with Crippen molar-refractivity contribution in [2.75, 3.05) is 12.3 Å². The molecular weight excluding hydrogens is 248 g/mol. The first kappa shape index (κ1) is 12.3. The van der Waals surface area contributed by atoms with Gasteiger partial charge in [-0.3, -0.25) is 0 Å². The maximum atomic E-state index is 6.09. The molecule has 0 amide bonds. The molecule has 3 N–H and O–H groups in total. The molecule has 1 atom stereocenters. The zero-order valence-electron chi connectivity index (χ0n) is 10.5. The maximum Gasteiger partial charge on any atom is 0.216 e. The average Bonchev–Trinajstić information content (AvgIpc) is 2.76. The zero-order chi connectivity index (χ0) is 12.4. The second-order valence-corrected chi connectivity index (χ2v) is 6.60. The van der Waals surface area contributed by atoms with Crippen molar-refractivity contribution >= 4 is 17.7 Å². The highest BCUT2D eigenvalue weighted by Gasteiger charge is 2.39. The van der Waals surface area contributed by atoms with Gasteiger partial charge >= 0.3 is 0 Å². The van der Waals surface area contributed by atoms with Gasteiger partial charge < -0.3 is 10.5 Å². The number of aromatic amines is 1. The Morgan fingerprint density at radius 2 is 2.17 bits per heavy atom. The molecule has 2 aliphatic rings. The van der Waals surface area contributed by atoms with Gasteiger partial charge in [0.25, 0.3) is 0 Å². The summed E-state index contributed by atoms with van der Waals surface area (Å²) in [6, 6.07) is 0. The van der Waals surface area contributed by atoms with Gasteiger partial charge in [0.15, 0.2) is 0 Å². The minimum Gasteiger partial charge on any atom is -0.375 e. The predicted molar refractivity (Wildman–Crippen MR) is 71.4 cm³/mol. The van der Waals surface area contributed by atoms with Crippen molar-refractivity contribution in [1.29, 1.82) is 0 Å². The first-order valence-electron chi connectivity index (χ1n) is 6.74. The molecule has 1 saturated heterocycles. The van der Waals surface area contributed by atoms with E-state index in [-0.39, 0.29) is 5.60 Å². The Morgan fingerprint density at radius 1 is 1.33 bits per heavy atom. The molecule has 1 aliphatic heterocycles. The number of aromatic nitrogens is 3.